The van der Waals surface area contributed by atoms with Crippen molar-refractivity contribution in [3.05, 3.63) is 30.0 Å². The van der Waals surface area contributed by atoms with Gasteiger partial charge in [-0.25, -0.2) is 14.2 Å². The van der Waals surface area contributed by atoms with Crippen LogP contribution in [-0.2, 0) is 0 Å². The van der Waals surface area contributed by atoms with Crippen molar-refractivity contribution in [1.82, 2.24) is 9.38 Å². The van der Waals surface area contributed by atoms with Crippen LogP contribution in [0.25, 0.3) is 5.65 Å². The highest BCUT2D eigenvalue weighted by atomic mass is 19.1. The summed E-state index contributed by atoms with van der Waals surface area (Å²) in [5.74, 6) is -1.63. The molecule has 19 heavy (non-hydrogen) atoms. The van der Waals surface area contributed by atoms with Gasteiger partial charge in [-0.05, 0) is 6.42 Å². The molecular formula is C12H12FN3O3. The Kier molecular flexibility index (Phi) is 2.63. The van der Waals surface area contributed by atoms with Gasteiger partial charge in [0.25, 0.3) is 0 Å². The van der Waals surface area contributed by atoms with Gasteiger partial charge in [-0.1, -0.05) is 0 Å². The lowest BCUT2D eigenvalue weighted by Gasteiger charge is -2.18. The van der Waals surface area contributed by atoms with E-state index in [0.29, 0.717) is 30.8 Å². The van der Waals surface area contributed by atoms with E-state index in [1.807, 2.05) is 4.90 Å². The predicted molar refractivity (Wildman–Crippen MR) is 64.9 cm³/mol. The molecule has 0 bridgehead atoms. The molecule has 1 aliphatic heterocycles. The highest BCUT2D eigenvalue weighted by molar-refractivity contribution is 5.87. The Morgan fingerprint density at radius 3 is 2.89 bits per heavy atom. The minimum atomic E-state index is -1.16. The predicted octanol–water partition coefficient (Wildman–Crippen LogP) is 0.743. The standard InChI is InChI=1S/C12H12FN3O3/c13-7-3-10(15-2-1-8(17)5-15)11-14-9(12(18)19)6-16(11)4-7/h3-4,6,8,17H,1-2,5H2,(H,18,19)/t8-/m0/s1. The third kappa shape index (κ3) is 2.01. The fourth-order valence-corrected chi connectivity index (χ4v) is 2.34. The molecule has 6 nitrogen and oxygen atoms in total. The van der Waals surface area contributed by atoms with Crippen molar-refractivity contribution in [3.63, 3.8) is 0 Å². The van der Waals surface area contributed by atoms with Gasteiger partial charge in [-0.2, -0.15) is 0 Å². The lowest BCUT2D eigenvalue weighted by Crippen LogP contribution is -2.22. The van der Waals surface area contributed by atoms with Gasteiger partial charge in [0.1, 0.15) is 5.82 Å². The van der Waals surface area contributed by atoms with E-state index >= 15 is 0 Å². The Balaban J connectivity index is 2.14. The first kappa shape index (κ1) is 11.9. The number of β-amino-alcohol motifs (C(OH)–C–C–N with tert-alkyl or cyclic N) is 1. The van der Waals surface area contributed by atoms with Crippen LogP contribution in [0.5, 0.6) is 0 Å². The van der Waals surface area contributed by atoms with Crippen LogP contribution in [0.3, 0.4) is 0 Å². The van der Waals surface area contributed by atoms with Crippen molar-refractivity contribution in [2.75, 3.05) is 18.0 Å². The molecule has 0 radical (unpaired) electrons. The minimum Gasteiger partial charge on any atom is -0.476 e. The van der Waals surface area contributed by atoms with E-state index in [0.717, 1.165) is 0 Å². The molecule has 2 N–H and O–H groups in total. The van der Waals surface area contributed by atoms with E-state index in [1.165, 1.54) is 22.9 Å². The molecule has 1 atom stereocenters. The third-order valence-corrected chi connectivity index (χ3v) is 3.22. The third-order valence-electron chi connectivity index (χ3n) is 3.22. The van der Waals surface area contributed by atoms with Crippen molar-refractivity contribution in [1.29, 1.82) is 0 Å². The zero-order chi connectivity index (χ0) is 13.6. The Hall–Kier alpha value is -2.15. The van der Waals surface area contributed by atoms with Gasteiger partial charge in [0.05, 0.1) is 11.8 Å². The summed E-state index contributed by atoms with van der Waals surface area (Å²) in [7, 11) is 0. The Morgan fingerprint density at radius 1 is 1.47 bits per heavy atom. The molecule has 1 aliphatic rings. The van der Waals surface area contributed by atoms with Gasteiger partial charge < -0.3 is 19.5 Å². The van der Waals surface area contributed by atoms with Crippen molar-refractivity contribution in [2.45, 2.75) is 12.5 Å². The van der Waals surface area contributed by atoms with E-state index in [2.05, 4.69) is 4.98 Å². The number of hydrogen-bond donors (Lipinski definition) is 2. The zero-order valence-corrected chi connectivity index (χ0v) is 9.95. The average molecular weight is 265 g/mol. The number of pyridine rings is 1. The SMILES string of the molecule is O=C(O)c1cn2cc(F)cc(N3CC[C@H](O)C3)c2n1. The molecule has 1 fully saturated rings. The second-order valence-electron chi connectivity index (χ2n) is 4.59. The summed E-state index contributed by atoms with van der Waals surface area (Å²) in [6.45, 7) is 0.990. The van der Waals surface area contributed by atoms with Gasteiger partial charge in [0.2, 0.25) is 0 Å². The second kappa shape index (κ2) is 4.20. The van der Waals surface area contributed by atoms with Crippen LogP contribution >= 0.6 is 0 Å². The maximum absolute atomic E-state index is 13.6. The van der Waals surface area contributed by atoms with Crippen molar-refractivity contribution in [2.24, 2.45) is 0 Å². The molecule has 100 valence electrons. The Labute approximate surface area is 107 Å². The van der Waals surface area contributed by atoms with E-state index < -0.39 is 17.9 Å². The molecule has 2 aromatic rings. The molecule has 0 aromatic carbocycles. The quantitative estimate of drug-likeness (QED) is 0.837. The van der Waals surface area contributed by atoms with Gasteiger partial charge in [0, 0.05) is 31.5 Å². The molecule has 0 amide bonds. The zero-order valence-electron chi connectivity index (χ0n) is 9.95. The van der Waals surface area contributed by atoms with Crippen LogP contribution in [0.1, 0.15) is 16.9 Å². The summed E-state index contributed by atoms with van der Waals surface area (Å²) < 4.78 is 14.9. The summed E-state index contributed by atoms with van der Waals surface area (Å²) in [6, 6.07) is 1.31. The molecule has 3 rings (SSSR count). The molecule has 0 unspecified atom stereocenters. The largest absolute Gasteiger partial charge is 0.476 e. The first-order valence-corrected chi connectivity index (χ1v) is 5.89. The molecule has 2 aromatic heterocycles. The first-order chi connectivity index (χ1) is 9.04. The maximum Gasteiger partial charge on any atom is 0.356 e. The number of halogens is 1. The highest BCUT2D eigenvalue weighted by Gasteiger charge is 2.24. The van der Waals surface area contributed by atoms with Crippen LogP contribution in [0.2, 0.25) is 0 Å². The van der Waals surface area contributed by atoms with Crippen molar-refractivity contribution < 1.29 is 19.4 Å². The number of carboxylic acids is 1. The number of aromatic nitrogens is 2. The topological polar surface area (TPSA) is 78.1 Å². The number of aromatic carboxylic acids is 1. The first-order valence-electron chi connectivity index (χ1n) is 5.89. The van der Waals surface area contributed by atoms with Crippen LogP contribution in [0.4, 0.5) is 10.1 Å². The summed E-state index contributed by atoms with van der Waals surface area (Å²) in [6.07, 6.45) is 2.62. The van der Waals surface area contributed by atoms with E-state index in [-0.39, 0.29) is 5.69 Å². The summed E-state index contributed by atoms with van der Waals surface area (Å²) >= 11 is 0. The Bertz CT molecular complexity index is 655. The summed E-state index contributed by atoms with van der Waals surface area (Å²) in [5, 5.41) is 18.5. The van der Waals surface area contributed by atoms with Crippen molar-refractivity contribution in [3.8, 4) is 0 Å². The van der Waals surface area contributed by atoms with Gasteiger partial charge in [-0.3, -0.25) is 0 Å². The number of carbonyl (C=O) groups is 1. The van der Waals surface area contributed by atoms with Crippen LogP contribution in [-0.4, -0.2) is 44.8 Å². The maximum atomic E-state index is 13.6. The number of fused-ring (bicyclic) bond motifs is 1. The monoisotopic (exact) mass is 265 g/mol. The smallest absolute Gasteiger partial charge is 0.356 e. The Morgan fingerprint density at radius 2 is 2.26 bits per heavy atom. The number of anilines is 1. The normalized spacial score (nSPS) is 19.3. The molecule has 1 saturated heterocycles. The number of aliphatic hydroxyl groups excluding tert-OH is 1. The number of rotatable bonds is 2. The number of aliphatic hydroxyl groups is 1. The molecule has 0 aliphatic carbocycles. The van der Waals surface area contributed by atoms with Gasteiger partial charge >= 0.3 is 5.97 Å². The fourth-order valence-electron chi connectivity index (χ4n) is 2.34. The van der Waals surface area contributed by atoms with E-state index in [4.69, 9.17) is 5.11 Å². The van der Waals surface area contributed by atoms with Crippen molar-refractivity contribution >= 4 is 17.3 Å². The summed E-state index contributed by atoms with van der Waals surface area (Å²) in [5.41, 5.74) is 0.753. The van der Waals surface area contributed by atoms with Crippen LogP contribution < -0.4 is 4.90 Å². The minimum absolute atomic E-state index is 0.133. The van der Waals surface area contributed by atoms with Gasteiger partial charge in [0.15, 0.2) is 11.3 Å². The number of hydrogen-bond acceptors (Lipinski definition) is 4. The molecule has 7 heteroatoms. The van der Waals surface area contributed by atoms with Crippen LogP contribution in [0, 0.1) is 5.82 Å². The molecule has 0 spiro atoms. The fraction of sp³-hybridized carbons (Fsp3) is 0.333. The summed E-state index contributed by atoms with van der Waals surface area (Å²) in [4.78, 5) is 16.7. The number of nitrogens with zero attached hydrogens (tertiary/aromatic N) is 3. The molecule has 3 heterocycles. The lowest BCUT2D eigenvalue weighted by molar-refractivity contribution is 0.0691. The molecule has 0 saturated carbocycles. The number of imidazole rings is 1. The van der Waals surface area contributed by atoms with E-state index in [9.17, 15) is 14.3 Å². The highest BCUT2D eigenvalue weighted by Crippen LogP contribution is 2.26. The lowest BCUT2D eigenvalue weighted by atomic mass is 10.3. The van der Waals surface area contributed by atoms with Crippen LogP contribution in [0.15, 0.2) is 18.5 Å². The number of carboxylic acid groups (broad SMARTS) is 1. The second-order valence-corrected chi connectivity index (χ2v) is 4.59. The molecular weight excluding hydrogens is 253 g/mol. The van der Waals surface area contributed by atoms with Gasteiger partial charge in [-0.15, -0.1) is 0 Å². The van der Waals surface area contributed by atoms with E-state index in [1.54, 1.807) is 0 Å². The average Bonchev–Trinajstić information content (AvgIpc) is 2.93.